The Kier molecular flexibility index (Phi) is 22.6. The van der Waals surface area contributed by atoms with E-state index in [4.69, 9.17) is 0 Å². The van der Waals surface area contributed by atoms with Crippen LogP contribution in [0.1, 0.15) is 149 Å². The van der Waals surface area contributed by atoms with Gasteiger partial charge in [-0.15, -0.1) is 0 Å². The van der Waals surface area contributed by atoms with Crippen LogP contribution in [-0.4, -0.2) is 11.1 Å². The number of hydrogen-bond acceptors (Lipinski definition) is 1. The molecule has 3 heteroatoms. The van der Waals surface area contributed by atoms with E-state index in [1.54, 1.807) is 5.82 Å². The zero-order chi connectivity index (χ0) is 21.5. The molecule has 0 spiro atoms. The Hall–Kier alpha value is -0.0700. The van der Waals surface area contributed by atoms with Crippen molar-refractivity contribution < 1.29 is 9.46 Å². The monoisotopic (exact) mass is 428 g/mol. The van der Waals surface area contributed by atoms with Gasteiger partial charge < -0.3 is 4.89 Å². The maximum Gasteiger partial charge on any atom is 0.222 e. The van der Waals surface area contributed by atoms with Crippen molar-refractivity contribution in [3.05, 3.63) is 11.9 Å². The minimum absolute atomic E-state index is 0.469. The quantitative estimate of drug-likeness (QED) is 0.130. The highest BCUT2D eigenvalue weighted by Crippen LogP contribution is 2.43. The molecule has 174 valence electrons. The van der Waals surface area contributed by atoms with Crippen molar-refractivity contribution in [1.29, 1.82) is 0 Å². The van der Waals surface area contributed by atoms with Gasteiger partial charge in [0.15, 0.2) is 0 Å². The molecule has 0 radical (unpaired) electrons. The van der Waals surface area contributed by atoms with Crippen LogP contribution in [0.15, 0.2) is 11.9 Å². The van der Waals surface area contributed by atoms with E-state index in [0.29, 0.717) is 6.16 Å². The molecule has 0 bridgehead atoms. The fraction of sp³-hybridized carbons (Fsp3) is 0.923. The Bertz CT molecular complexity index is 392. The van der Waals surface area contributed by atoms with Gasteiger partial charge in [0.2, 0.25) is 7.37 Å². The molecule has 1 unspecified atom stereocenters. The molecule has 0 saturated heterocycles. The van der Waals surface area contributed by atoms with Crippen molar-refractivity contribution in [2.75, 3.05) is 6.16 Å². The van der Waals surface area contributed by atoms with Gasteiger partial charge in [0, 0.05) is 6.16 Å². The van der Waals surface area contributed by atoms with Crippen molar-refractivity contribution in [2.24, 2.45) is 0 Å². The largest absolute Gasteiger partial charge is 0.341 e. The van der Waals surface area contributed by atoms with Crippen LogP contribution in [0.25, 0.3) is 0 Å². The molecular weight excluding hydrogens is 375 g/mol. The van der Waals surface area contributed by atoms with E-state index in [0.717, 1.165) is 25.7 Å². The van der Waals surface area contributed by atoms with Crippen molar-refractivity contribution in [3.63, 3.8) is 0 Å². The third-order valence-electron chi connectivity index (χ3n) is 5.89. The molecule has 0 rings (SSSR count). The van der Waals surface area contributed by atoms with Crippen molar-refractivity contribution in [2.45, 2.75) is 149 Å². The summed E-state index contributed by atoms with van der Waals surface area (Å²) in [5.74, 6) is 1.60. The molecule has 0 aliphatic carbocycles. The molecule has 0 amide bonds. The van der Waals surface area contributed by atoms with Crippen LogP contribution in [0.5, 0.6) is 0 Å². The third kappa shape index (κ3) is 24.1. The van der Waals surface area contributed by atoms with Crippen LogP contribution in [-0.2, 0) is 4.57 Å². The Labute approximate surface area is 183 Å². The molecule has 0 fully saturated rings. The second-order valence-electron chi connectivity index (χ2n) is 9.02. The van der Waals surface area contributed by atoms with Crippen LogP contribution in [0.4, 0.5) is 0 Å². The minimum Gasteiger partial charge on any atom is -0.341 e. The molecule has 2 nitrogen and oxygen atoms in total. The Morgan fingerprint density at radius 3 is 1.31 bits per heavy atom. The van der Waals surface area contributed by atoms with Crippen LogP contribution in [0, 0.1) is 0 Å². The summed E-state index contributed by atoms with van der Waals surface area (Å²) in [6, 6.07) is 0. The van der Waals surface area contributed by atoms with E-state index in [2.05, 4.69) is 13.8 Å². The van der Waals surface area contributed by atoms with Crippen LogP contribution in [0.3, 0.4) is 0 Å². The van der Waals surface area contributed by atoms with Crippen LogP contribution >= 0.6 is 7.37 Å². The second kappa shape index (κ2) is 22.6. The number of hydrogen-bond donors (Lipinski definition) is 1. The van der Waals surface area contributed by atoms with Gasteiger partial charge in [0.25, 0.3) is 0 Å². The fourth-order valence-electron chi connectivity index (χ4n) is 3.89. The van der Waals surface area contributed by atoms with Gasteiger partial charge in [0.05, 0.1) is 0 Å². The summed E-state index contributed by atoms with van der Waals surface area (Å²) in [6.07, 6.45) is 29.6. The lowest BCUT2D eigenvalue weighted by Crippen LogP contribution is -1.88. The summed E-state index contributed by atoms with van der Waals surface area (Å²) in [6.45, 7) is 4.48. The van der Waals surface area contributed by atoms with Gasteiger partial charge in [-0.25, -0.2) is 0 Å². The molecule has 0 aliphatic heterocycles. The summed E-state index contributed by atoms with van der Waals surface area (Å²) < 4.78 is 12.1. The smallest absolute Gasteiger partial charge is 0.222 e. The van der Waals surface area contributed by atoms with E-state index in [1.807, 2.05) is 6.08 Å². The summed E-state index contributed by atoms with van der Waals surface area (Å²) in [7, 11) is -3.02. The Balaban J connectivity index is 3.31. The molecule has 0 heterocycles. The number of rotatable bonds is 23. The van der Waals surface area contributed by atoms with E-state index < -0.39 is 7.37 Å². The van der Waals surface area contributed by atoms with Crippen LogP contribution < -0.4 is 0 Å². The zero-order valence-electron chi connectivity index (χ0n) is 20.0. The van der Waals surface area contributed by atoms with Crippen LogP contribution in [0.2, 0.25) is 0 Å². The molecule has 1 N–H and O–H groups in total. The summed E-state index contributed by atoms with van der Waals surface area (Å²) in [5, 5.41) is 0. The highest BCUT2D eigenvalue weighted by molar-refractivity contribution is 7.61. The van der Waals surface area contributed by atoms with Gasteiger partial charge in [-0.2, -0.15) is 0 Å². The SMILES string of the molecule is CCCCCCC=CP(=O)(O)CCCCCCCCCCCCCCCCCC. The maximum atomic E-state index is 12.1. The summed E-state index contributed by atoms with van der Waals surface area (Å²) in [5.41, 5.74) is 0. The van der Waals surface area contributed by atoms with E-state index in [-0.39, 0.29) is 0 Å². The van der Waals surface area contributed by atoms with Gasteiger partial charge in [-0.1, -0.05) is 135 Å². The normalized spacial score (nSPS) is 13.9. The lowest BCUT2D eigenvalue weighted by atomic mass is 10.0. The maximum absolute atomic E-state index is 12.1. The van der Waals surface area contributed by atoms with E-state index >= 15 is 0 Å². The van der Waals surface area contributed by atoms with Gasteiger partial charge in [0.1, 0.15) is 0 Å². The highest BCUT2D eigenvalue weighted by Gasteiger charge is 2.12. The molecular formula is C26H53O2P. The summed E-state index contributed by atoms with van der Waals surface area (Å²) in [4.78, 5) is 10.0. The van der Waals surface area contributed by atoms with Crippen molar-refractivity contribution >= 4 is 7.37 Å². The van der Waals surface area contributed by atoms with E-state index in [1.165, 1.54) is 109 Å². The molecule has 1 atom stereocenters. The summed E-state index contributed by atoms with van der Waals surface area (Å²) >= 11 is 0. The average Bonchev–Trinajstić information content (AvgIpc) is 2.70. The molecule has 0 saturated carbocycles. The Morgan fingerprint density at radius 2 is 0.897 bits per heavy atom. The molecule has 29 heavy (non-hydrogen) atoms. The Morgan fingerprint density at radius 1 is 0.552 bits per heavy atom. The third-order valence-corrected chi connectivity index (χ3v) is 7.53. The average molecular weight is 429 g/mol. The van der Waals surface area contributed by atoms with Crippen molar-refractivity contribution in [1.82, 2.24) is 0 Å². The standard InChI is InChI=1S/C26H53O2P/c1-3-5-7-9-11-12-13-14-15-16-17-18-19-20-22-24-26-29(27,28)25-23-21-10-8-6-4-2/h23,25H,3-22,24,26H2,1-2H3,(H,27,28). The first-order valence-corrected chi connectivity index (χ1v) is 15.0. The number of unbranched alkanes of at least 4 members (excludes halogenated alkanes) is 19. The first-order valence-electron chi connectivity index (χ1n) is 13.1. The molecule has 0 aliphatic rings. The topological polar surface area (TPSA) is 37.3 Å². The van der Waals surface area contributed by atoms with E-state index in [9.17, 15) is 9.46 Å². The minimum atomic E-state index is -3.02. The second-order valence-corrected chi connectivity index (χ2v) is 11.3. The van der Waals surface area contributed by atoms with Gasteiger partial charge >= 0.3 is 0 Å². The lowest BCUT2D eigenvalue weighted by Gasteiger charge is -2.07. The predicted molar refractivity (Wildman–Crippen MR) is 132 cm³/mol. The first-order chi connectivity index (χ1) is 14.1. The van der Waals surface area contributed by atoms with Gasteiger partial charge in [-0.05, 0) is 25.1 Å². The lowest BCUT2D eigenvalue weighted by molar-refractivity contribution is 0.483. The predicted octanol–water partition coefficient (Wildman–Crippen LogP) is 10.0. The zero-order valence-corrected chi connectivity index (χ0v) is 20.9. The molecule has 0 aromatic carbocycles. The fourth-order valence-corrected chi connectivity index (χ4v) is 5.19. The number of allylic oxidation sites excluding steroid dienone is 1. The highest BCUT2D eigenvalue weighted by atomic mass is 31.2. The molecule has 0 aromatic heterocycles. The van der Waals surface area contributed by atoms with Crippen molar-refractivity contribution in [3.8, 4) is 0 Å². The molecule has 0 aromatic rings. The van der Waals surface area contributed by atoms with Gasteiger partial charge in [-0.3, -0.25) is 4.57 Å². The first kappa shape index (κ1) is 28.9.